The summed E-state index contributed by atoms with van der Waals surface area (Å²) in [5, 5.41) is 0.361. The average molecular weight is 667 g/mol. The van der Waals surface area contributed by atoms with Crippen molar-refractivity contribution < 1.29 is 49.4 Å². The lowest BCUT2D eigenvalue weighted by atomic mass is 10.1. The first-order valence-electron chi connectivity index (χ1n) is 13.1. The maximum atomic E-state index is 13.9. The molecule has 4 rings (SSSR count). The fourth-order valence-electron chi connectivity index (χ4n) is 4.54. The number of halogens is 3. The number of carbonyl (C=O) groups excluding carboxylic acids is 1. The Hall–Kier alpha value is -4.25. The molecule has 2 unspecified atom stereocenters. The molecular weight excluding hydrogens is 639 g/mol. The van der Waals surface area contributed by atoms with Gasteiger partial charge in [-0.05, 0) is 48.9 Å². The maximum absolute atomic E-state index is 13.9. The molecule has 1 aromatic heterocycles. The molecule has 0 spiro atoms. The molecule has 0 aliphatic rings. The smallest absolute Gasteiger partial charge is 0.418 e. The molecule has 1 heterocycles. The van der Waals surface area contributed by atoms with Crippen LogP contribution in [0.1, 0.15) is 18.6 Å². The van der Waals surface area contributed by atoms with Crippen molar-refractivity contribution in [2.75, 3.05) is 36.0 Å². The number of fused-ring (bicyclic) bond motifs is 1. The number of hydrogen-bond acceptors (Lipinski definition) is 9. The van der Waals surface area contributed by atoms with Crippen LogP contribution in [0, 0.1) is 0 Å². The Labute approximate surface area is 259 Å². The number of rotatable bonds is 12. The van der Waals surface area contributed by atoms with Crippen molar-refractivity contribution in [2.45, 2.75) is 24.1 Å². The second-order valence-electron chi connectivity index (χ2n) is 9.27. The Morgan fingerprint density at radius 3 is 2.16 bits per heavy atom. The topological polar surface area (TPSA) is 138 Å². The van der Waals surface area contributed by atoms with Crippen LogP contribution in [-0.2, 0) is 35.6 Å². The molecule has 0 bridgehead atoms. The first-order chi connectivity index (χ1) is 21.3. The Balaban J connectivity index is 1.86. The van der Waals surface area contributed by atoms with E-state index in [-0.39, 0.29) is 45.0 Å². The summed E-state index contributed by atoms with van der Waals surface area (Å²) in [7, 11) is -2.11. The van der Waals surface area contributed by atoms with Gasteiger partial charge in [0.2, 0.25) is 0 Å². The van der Waals surface area contributed by atoms with Crippen LogP contribution in [0.3, 0.4) is 0 Å². The number of esters is 1. The summed E-state index contributed by atoms with van der Waals surface area (Å²) in [6.45, 7) is 0.794. The van der Waals surface area contributed by atoms with Gasteiger partial charge >= 0.3 is 12.1 Å². The summed E-state index contributed by atoms with van der Waals surface area (Å²) in [4.78, 5) is 16.7. The molecule has 16 heteroatoms. The van der Waals surface area contributed by atoms with Crippen molar-refractivity contribution in [3.8, 4) is 5.75 Å². The number of methoxy groups -OCH3 is 2. The SMILES string of the molecule is CCOC(=O)CN(c1ncc(N(c2ccc(C(OC)C(F)(F)F)cc2)S(=O)[O-])c2ccccc12)S(=O)(=O)c1ccc(OC)cc1. The average Bonchev–Trinajstić information content (AvgIpc) is 3.00. The van der Waals surface area contributed by atoms with Crippen molar-refractivity contribution in [2.24, 2.45) is 0 Å². The Kier molecular flexibility index (Phi) is 10.3. The number of pyridine rings is 1. The van der Waals surface area contributed by atoms with Crippen LogP contribution in [0.5, 0.6) is 5.75 Å². The minimum absolute atomic E-state index is 0.0144. The van der Waals surface area contributed by atoms with Gasteiger partial charge in [-0.25, -0.2) is 17.7 Å². The normalized spacial score (nSPS) is 13.2. The third-order valence-corrected chi connectivity index (χ3v) is 9.00. The zero-order valence-electron chi connectivity index (χ0n) is 24.1. The Morgan fingerprint density at radius 2 is 1.62 bits per heavy atom. The van der Waals surface area contributed by atoms with Gasteiger partial charge in [0.05, 0.1) is 47.5 Å². The monoisotopic (exact) mass is 666 g/mol. The number of alkyl halides is 3. The van der Waals surface area contributed by atoms with Crippen LogP contribution in [0.2, 0.25) is 0 Å². The highest BCUT2D eigenvalue weighted by Crippen LogP contribution is 2.40. The van der Waals surface area contributed by atoms with Crippen molar-refractivity contribution in [1.29, 1.82) is 0 Å². The minimum atomic E-state index is -4.70. The first-order valence-corrected chi connectivity index (χ1v) is 15.6. The van der Waals surface area contributed by atoms with E-state index in [1.807, 2.05) is 0 Å². The molecule has 240 valence electrons. The first kappa shape index (κ1) is 33.6. The number of hydrogen-bond donors (Lipinski definition) is 0. The number of anilines is 3. The van der Waals surface area contributed by atoms with E-state index in [9.17, 15) is 35.1 Å². The third kappa shape index (κ3) is 7.19. The molecule has 0 saturated carbocycles. The molecule has 0 saturated heterocycles. The molecule has 0 fully saturated rings. The highest BCUT2D eigenvalue weighted by atomic mass is 32.2. The number of sulfonamides is 1. The van der Waals surface area contributed by atoms with E-state index in [0.29, 0.717) is 5.75 Å². The lowest BCUT2D eigenvalue weighted by molar-refractivity contribution is -0.215. The second-order valence-corrected chi connectivity index (χ2v) is 11.9. The molecule has 0 aliphatic carbocycles. The van der Waals surface area contributed by atoms with Gasteiger partial charge in [0, 0.05) is 17.9 Å². The van der Waals surface area contributed by atoms with Crippen molar-refractivity contribution >= 4 is 55.2 Å². The van der Waals surface area contributed by atoms with Crippen LogP contribution < -0.4 is 13.3 Å². The Morgan fingerprint density at radius 1 is 1.00 bits per heavy atom. The van der Waals surface area contributed by atoms with Crippen LogP contribution >= 0.6 is 0 Å². The molecule has 4 aromatic rings. The van der Waals surface area contributed by atoms with Crippen LogP contribution in [-0.4, -0.2) is 61.7 Å². The number of aromatic nitrogens is 1. The summed E-state index contributed by atoms with van der Waals surface area (Å²) >= 11 is -3.00. The number of carbonyl (C=O) groups is 1. The predicted octanol–water partition coefficient (Wildman–Crippen LogP) is 5.18. The summed E-state index contributed by atoms with van der Waals surface area (Å²) < 4.78 is 109. The largest absolute Gasteiger partial charge is 0.755 e. The van der Waals surface area contributed by atoms with Gasteiger partial charge in [-0.1, -0.05) is 36.4 Å². The molecule has 3 aromatic carbocycles. The van der Waals surface area contributed by atoms with Crippen molar-refractivity contribution in [1.82, 2.24) is 4.98 Å². The highest BCUT2D eigenvalue weighted by Gasteiger charge is 2.41. The number of benzene rings is 3. The highest BCUT2D eigenvalue weighted by molar-refractivity contribution is 7.92. The van der Waals surface area contributed by atoms with E-state index in [1.165, 1.54) is 55.6 Å². The van der Waals surface area contributed by atoms with E-state index >= 15 is 0 Å². The Bertz CT molecular complexity index is 1790. The standard InChI is InChI=1S/C29H28F3N3O8S2/c1-4-43-26(36)18-34(45(39,40)22-15-13-21(41-2)14-16-22)28-24-8-6-5-7-23(24)25(17-33-28)35(44(37)38)20-11-9-19(10-12-20)27(42-3)29(30,31)32/h5-17,27H,4,18H2,1-3H3,(H,37,38)/p-1. The molecule has 45 heavy (non-hydrogen) atoms. The van der Waals surface area contributed by atoms with Crippen LogP contribution in [0.25, 0.3) is 10.8 Å². The van der Waals surface area contributed by atoms with Gasteiger partial charge in [0.15, 0.2) is 11.9 Å². The third-order valence-electron chi connectivity index (χ3n) is 6.55. The minimum Gasteiger partial charge on any atom is -0.755 e. The molecule has 2 atom stereocenters. The van der Waals surface area contributed by atoms with E-state index < -0.39 is 46.1 Å². The maximum Gasteiger partial charge on any atom is 0.418 e. The lowest BCUT2D eigenvalue weighted by Gasteiger charge is -2.29. The van der Waals surface area contributed by atoms with Gasteiger partial charge < -0.3 is 18.8 Å². The van der Waals surface area contributed by atoms with E-state index in [4.69, 9.17) is 9.47 Å². The van der Waals surface area contributed by atoms with Gasteiger partial charge in [-0.3, -0.25) is 13.3 Å². The van der Waals surface area contributed by atoms with E-state index in [2.05, 4.69) is 9.72 Å². The van der Waals surface area contributed by atoms with E-state index in [0.717, 1.165) is 34.0 Å². The quantitative estimate of drug-likeness (QED) is 0.148. The van der Waals surface area contributed by atoms with Gasteiger partial charge in [0.1, 0.15) is 12.3 Å². The number of ether oxygens (including phenoxy) is 3. The summed E-state index contributed by atoms with van der Waals surface area (Å²) in [6, 6.07) is 16.1. The zero-order chi connectivity index (χ0) is 32.9. The van der Waals surface area contributed by atoms with Gasteiger partial charge in [-0.2, -0.15) is 13.2 Å². The fraction of sp³-hybridized carbons (Fsp3) is 0.241. The second kappa shape index (κ2) is 13.8. The summed E-state index contributed by atoms with van der Waals surface area (Å²) in [5.74, 6) is -0.660. The molecule has 0 amide bonds. The van der Waals surface area contributed by atoms with Crippen LogP contribution in [0.4, 0.5) is 30.4 Å². The summed E-state index contributed by atoms with van der Waals surface area (Å²) in [5.41, 5.74) is -0.312. The van der Waals surface area contributed by atoms with Gasteiger partial charge in [-0.15, -0.1) is 0 Å². The van der Waals surface area contributed by atoms with Crippen molar-refractivity contribution in [3.05, 3.63) is 84.6 Å². The molecular formula is C29H27F3N3O8S2-. The molecule has 0 N–H and O–H groups in total. The van der Waals surface area contributed by atoms with E-state index in [1.54, 1.807) is 19.1 Å². The zero-order valence-corrected chi connectivity index (χ0v) is 25.7. The molecule has 0 radical (unpaired) electrons. The number of nitrogens with zero attached hydrogens (tertiary/aromatic N) is 3. The summed E-state index contributed by atoms with van der Waals surface area (Å²) in [6.07, 6.45) is -5.83. The lowest BCUT2D eigenvalue weighted by Crippen LogP contribution is -2.37. The molecule has 0 aliphatic heterocycles. The van der Waals surface area contributed by atoms with Gasteiger partial charge in [0.25, 0.3) is 10.0 Å². The molecule has 11 nitrogen and oxygen atoms in total. The fourth-order valence-corrected chi connectivity index (χ4v) is 6.53. The van der Waals surface area contributed by atoms with Crippen molar-refractivity contribution in [3.63, 3.8) is 0 Å². The van der Waals surface area contributed by atoms with Crippen LogP contribution in [0.15, 0.2) is 83.9 Å². The predicted molar refractivity (Wildman–Crippen MR) is 159 cm³/mol.